The van der Waals surface area contributed by atoms with Gasteiger partial charge >= 0.3 is 11.9 Å². The van der Waals surface area contributed by atoms with Crippen molar-refractivity contribution in [1.82, 2.24) is 4.57 Å². The van der Waals surface area contributed by atoms with Crippen LogP contribution in [0.2, 0.25) is 0 Å². The van der Waals surface area contributed by atoms with Crippen molar-refractivity contribution >= 4 is 17.6 Å². The van der Waals surface area contributed by atoms with Crippen LogP contribution in [0.4, 0.5) is 5.69 Å². The smallest absolute Gasteiger partial charge is 0.341 e. The lowest BCUT2D eigenvalue weighted by molar-refractivity contribution is -0.384. The summed E-state index contributed by atoms with van der Waals surface area (Å²) in [7, 11) is 0. The standard InChI is InChI=1S/C14H10N2O7/c17-12(18)7-15-11(6-5-10(13(15)19)14(20)21)8-1-3-9(4-2-8)16(22)23/h1-6H,7H2,(H,17,18)(H,20,21). The van der Waals surface area contributed by atoms with Crippen LogP contribution in [0.1, 0.15) is 10.4 Å². The van der Waals surface area contributed by atoms with E-state index in [0.717, 1.165) is 10.6 Å². The van der Waals surface area contributed by atoms with Gasteiger partial charge in [0.15, 0.2) is 0 Å². The number of carboxylic acids is 2. The van der Waals surface area contributed by atoms with E-state index in [1.807, 2.05) is 0 Å². The van der Waals surface area contributed by atoms with E-state index >= 15 is 0 Å². The largest absolute Gasteiger partial charge is 0.480 e. The lowest BCUT2D eigenvalue weighted by Crippen LogP contribution is -2.30. The topological polar surface area (TPSA) is 140 Å². The number of nitro benzene ring substituents is 1. The molecule has 9 nitrogen and oxygen atoms in total. The van der Waals surface area contributed by atoms with E-state index < -0.39 is 34.5 Å². The molecule has 0 bridgehead atoms. The molecule has 9 heteroatoms. The zero-order chi connectivity index (χ0) is 17.1. The van der Waals surface area contributed by atoms with Crippen LogP contribution >= 0.6 is 0 Å². The second kappa shape index (κ2) is 6.10. The molecule has 0 unspecified atom stereocenters. The molecule has 0 aliphatic heterocycles. The molecular weight excluding hydrogens is 308 g/mol. The van der Waals surface area contributed by atoms with E-state index in [0.29, 0.717) is 5.56 Å². The SMILES string of the molecule is O=C(O)Cn1c(-c2ccc([N+](=O)[O-])cc2)ccc(C(=O)O)c1=O. The summed E-state index contributed by atoms with van der Waals surface area (Å²) < 4.78 is 0.799. The Morgan fingerprint density at radius 1 is 1.09 bits per heavy atom. The predicted octanol–water partition coefficient (Wildman–Crippen LogP) is 1.21. The molecule has 1 aromatic heterocycles. The fourth-order valence-corrected chi connectivity index (χ4v) is 2.04. The second-order valence-electron chi connectivity index (χ2n) is 4.53. The number of pyridine rings is 1. The molecule has 0 fully saturated rings. The maximum absolute atomic E-state index is 12.1. The highest BCUT2D eigenvalue weighted by Gasteiger charge is 2.17. The van der Waals surface area contributed by atoms with Gasteiger partial charge in [-0.3, -0.25) is 24.3 Å². The van der Waals surface area contributed by atoms with Gasteiger partial charge in [0, 0.05) is 12.1 Å². The molecule has 2 N–H and O–H groups in total. The number of rotatable bonds is 5. The van der Waals surface area contributed by atoms with Crippen molar-refractivity contribution in [2.75, 3.05) is 0 Å². The minimum absolute atomic E-state index is 0.150. The third kappa shape index (κ3) is 3.23. The lowest BCUT2D eigenvalue weighted by Gasteiger charge is -2.12. The van der Waals surface area contributed by atoms with Crippen LogP contribution in [0.15, 0.2) is 41.2 Å². The Bertz CT molecular complexity index is 852. The molecule has 1 heterocycles. The highest BCUT2D eigenvalue weighted by Crippen LogP contribution is 2.22. The summed E-state index contributed by atoms with van der Waals surface area (Å²) in [6, 6.07) is 7.47. The van der Waals surface area contributed by atoms with Crippen molar-refractivity contribution in [3.63, 3.8) is 0 Å². The number of nitrogens with zero attached hydrogens (tertiary/aromatic N) is 2. The van der Waals surface area contributed by atoms with Crippen molar-refractivity contribution in [2.24, 2.45) is 0 Å². The van der Waals surface area contributed by atoms with Crippen molar-refractivity contribution in [3.8, 4) is 11.3 Å². The van der Waals surface area contributed by atoms with E-state index in [9.17, 15) is 24.5 Å². The molecule has 0 saturated carbocycles. The van der Waals surface area contributed by atoms with Crippen molar-refractivity contribution in [3.05, 3.63) is 62.4 Å². The first-order chi connectivity index (χ1) is 10.8. The average Bonchev–Trinajstić information content (AvgIpc) is 2.48. The van der Waals surface area contributed by atoms with E-state index in [4.69, 9.17) is 10.2 Å². The lowest BCUT2D eigenvalue weighted by atomic mass is 10.1. The van der Waals surface area contributed by atoms with E-state index in [1.54, 1.807) is 0 Å². The van der Waals surface area contributed by atoms with Crippen LogP contribution in [-0.2, 0) is 11.3 Å². The fraction of sp³-hybridized carbons (Fsp3) is 0.0714. The zero-order valence-corrected chi connectivity index (χ0v) is 11.5. The van der Waals surface area contributed by atoms with Crippen LogP contribution in [-0.4, -0.2) is 31.6 Å². The van der Waals surface area contributed by atoms with Crippen LogP contribution in [0.3, 0.4) is 0 Å². The van der Waals surface area contributed by atoms with Gasteiger partial charge in [-0.2, -0.15) is 0 Å². The van der Waals surface area contributed by atoms with Crippen LogP contribution in [0, 0.1) is 10.1 Å². The minimum Gasteiger partial charge on any atom is -0.480 e. The summed E-state index contributed by atoms with van der Waals surface area (Å²) in [4.78, 5) is 44.1. The highest BCUT2D eigenvalue weighted by molar-refractivity contribution is 5.87. The number of hydrogen-bond acceptors (Lipinski definition) is 5. The summed E-state index contributed by atoms with van der Waals surface area (Å²) >= 11 is 0. The first-order valence-corrected chi connectivity index (χ1v) is 6.25. The number of aliphatic carboxylic acids is 1. The van der Waals surface area contributed by atoms with Gasteiger partial charge in [-0.05, 0) is 29.8 Å². The Balaban J connectivity index is 2.63. The van der Waals surface area contributed by atoms with Gasteiger partial charge in [0.25, 0.3) is 11.2 Å². The molecule has 1 aromatic carbocycles. The first kappa shape index (κ1) is 15.9. The third-order valence-electron chi connectivity index (χ3n) is 3.07. The molecule has 118 valence electrons. The summed E-state index contributed by atoms with van der Waals surface area (Å²) in [5, 5.41) is 28.5. The van der Waals surface area contributed by atoms with Crippen LogP contribution < -0.4 is 5.56 Å². The van der Waals surface area contributed by atoms with Gasteiger partial charge in [-0.1, -0.05) is 0 Å². The molecule has 0 saturated heterocycles. The van der Waals surface area contributed by atoms with E-state index in [1.165, 1.54) is 30.3 Å². The number of aromatic nitrogens is 1. The van der Waals surface area contributed by atoms with Crippen molar-refractivity contribution < 1.29 is 24.7 Å². The van der Waals surface area contributed by atoms with E-state index in [-0.39, 0.29) is 11.4 Å². The van der Waals surface area contributed by atoms with Crippen molar-refractivity contribution in [2.45, 2.75) is 6.54 Å². The summed E-state index contributed by atoms with van der Waals surface area (Å²) in [5.74, 6) is -2.79. The maximum atomic E-state index is 12.1. The molecular formula is C14H10N2O7. The Morgan fingerprint density at radius 3 is 2.17 bits per heavy atom. The Morgan fingerprint density at radius 2 is 1.70 bits per heavy atom. The molecule has 0 amide bonds. The fourth-order valence-electron chi connectivity index (χ4n) is 2.04. The van der Waals surface area contributed by atoms with Gasteiger partial charge < -0.3 is 10.2 Å². The number of carbonyl (C=O) groups is 2. The van der Waals surface area contributed by atoms with Gasteiger partial charge in [0.05, 0.1) is 10.6 Å². The highest BCUT2D eigenvalue weighted by atomic mass is 16.6. The summed E-state index contributed by atoms with van der Waals surface area (Å²) in [6.45, 7) is -0.730. The first-order valence-electron chi connectivity index (χ1n) is 6.25. The quantitative estimate of drug-likeness (QED) is 0.623. The second-order valence-corrected chi connectivity index (χ2v) is 4.53. The molecule has 0 spiro atoms. The molecule has 0 aliphatic carbocycles. The molecule has 0 radical (unpaired) electrons. The molecule has 0 atom stereocenters. The maximum Gasteiger partial charge on any atom is 0.341 e. The number of nitro groups is 1. The number of hydrogen-bond donors (Lipinski definition) is 2. The predicted molar refractivity (Wildman–Crippen MR) is 77.4 cm³/mol. The van der Waals surface area contributed by atoms with E-state index in [2.05, 4.69) is 0 Å². The molecule has 0 aliphatic rings. The van der Waals surface area contributed by atoms with Gasteiger partial charge in [-0.25, -0.2) is 4.79 Å². The molecule has 2 aromatic rings. The van der Waals surface area contributed by atoms with Crippen LogP contribution in [0.25, 0.3) is 11.3 Å². The number of carboxylic acid groups (broad SMARTS) is 2. The third-order valence-corrected chi connectivity index (χ3v) is 3.07. The van der Waals surface area contributed by atoms with Gasteiger partial charge in [-0.15, -0.1) is 0 Å². The summed E-state index contributed by atoms with van der Waals surface area (Å²) in [6.07, 6.45) is 0. The normalized spacial score (nSPS) is 10.3. The minimum atomic E-state index is -1.47. The molecule has 23 heavy (non-hydrogen) atoms. The Hall–Kier alpha value is -3.49. The number of benzene rings is 1. The summed E-state index contributed by atoms with van der Waals surface area (Å²) in [5.41, 5.74) is -1.18. The average molecular weight is 318 g/mol. The van der Waals surface area contributed by atoms with Gasteiger partial charge in [0.2, 0.25) is 0 Å². The Kier molecular flexibility index (Phi) is 4.21. The number of non-ortho nitro benzene ring substituents is 1. The van der Waals surface area contributed by atoms with Crippen molar-refractivity contribution in [1.29, 1.82) is 0 Å². The van der Waals surface area contributed by atoms with Gasteiger partial charge in [0.1, 0.15) is 12.1 Å². The Labute approximate surface area is 128 Å². The number of aromatic carboxylic acids is 1. The zero-order valence-electron chi connectivity index (χ0n) is 11.5. The molecule has 2 rings (SSSR count). The van der Waals surface area contributed by atoms with Crippen LogP contribution in [0.5, 0.6) is 0 Å². The monoisotopic (exact) mass is 318 g/mol.